The summed E-state index contributed by atoms with van der Waals surface area (Å²) in [5.41, 5.74) is 0.461. The maximum Gasteiger partial charge on any atom is 0.107 e. The van der Waals surface area contributed by atoms with Crippen molar-refractivity contribution in [3.8, 4) is 0 Å². The highest BCUT2D eigenvalue weighted by atomic mass is 32.1. The maximum atomic E-state index is 5.87. The van der Waals surface area contributed by atoms with Crippen LogP contribution in [-0.2, 0) is 11.3 Å². The van der Waals surface area contributed by atoms with Crippen molar-refractivity contribution in [3.63, 3.8) is 0 Å². The van der Waals surface area contributed by atoms with Crippen molar-refractivity contribution in [2.45, 2.75) is 58.2 Å². The second kappa shape index (κ2) is 4.91. The molecule has 1 N–H and O–H groups in total. The Labute approximate surface area is 113 Å². The Morgan fingerprint density at radius 3 is 2.94 bits per heavy atom. The minimum Gasteiger partial charge on any atom is -0.378 e. The molecule has 0 aliphatic heterocycles. The molecule has 0 aromatic carbocycles. The second-order valence-corrected chi connectivity index (χ2v) is 6.88. The van der Waals surface area contributed by atoms with E-state index in [-0.39, 0.29) is 0 Å². The molecule has 2 aliphatic rings. The van der Waals surface area contributed by atoms with E-state index in [9.17, 15) is 0 Å². The minimum absolute atomic E-state index is 0.461. The SMILES string of the molecule is CCOC1CC(NCc2ncc(C)s2)C12CCC2. The van der Waals surface area contributed by atoms with E-state index in [1.165, 1.54) is 35.6 Å². The fourth-order valence-corrected chi connectivity index (χ4v) is 4.16. The Morgan fingerprint density at radius 2 is 2.39 bits per heavy atom. The van der Waals surface area contributed by atoms with Crippen LogP contribution < -0.4 is 5.32 Å². The third kappa shape index (κ3) is 2.00. The second-order valence-electron chi connectivity index (χ2n) is 5.56. The third-order valence-corrected chi connectivity index (χ3v) is 5.52. The summed E-state index contributed by atoms with van der Waals surface area (Å²) in [5, 5.41) is 4.91. The van der Waals surface area contributed by atoms with Crippen LogP contribution >= 0.6 is 11.3 Å². The van der Waals surface area contributed by atoms with Crippen LogP contribution in [0.25, 0.3) is 0 Å². The number of nitrogens with zero attached hydrogens (tertiary/aromatic N) is 1. The van der Waals surface area contributed by atoms with E-state index in [4.69, 9.17) is 4.74 Å². The van der Waals surface area contributed by atoms with Gasteiger partial charge in [0.25, 0.3) is 0 Å². The molecule has 2 atom stereocenters. The molecule has 100 valence electrons. The molecule has 0 saturated heterocycles. The van der Waals surface area contributed by atoms with E-state index in [1.54, 1.807) is 11.3 Å². The van der Waals surface area contributed by atoms with E-state index in [1.807, 2.05) is 6.20 Å². The van der Waals surface area contributed by atoms with E-state index >= 15 is 0 Å². The molecule has 0 bridgehead atoms. The highest BCUT2D eigenvalue weighted by Crippen LogP contribution is 2.57. The summed E-state index contributed by atoms with van der Waals surface area (Å²) in [4.78, 5) is 5.72. The number of nitrogens with one attached hydrogen (secondary N) is 1. The monoisotopic (exact) mass is 266 g/mol. The van der Waals surface area contributed by atoms with Gasteiger partial charge in [0.1, 0.15) is 5.01 Å². The van der Waals surface area contributed by atoms with Crippen LogP contribution in [0.1, 0.15) is 42.5 Å². The highest BCUT2D eigenvalue weighted by molar-refractivity contribution is 7.11. The first-order valence-electron chi connectivity index (χ1n) is 7.01. The normalized spacial score (nSPS) is 29.0. The predicted octanol–water partition coefficient (Wildman–Crippen LogP) is 2.89. The first-order chi connectivity index (χ1) is 8.74. The standard InChI is InChI=1S/C14H22N2OS/c1-3-17-12-7-11(14(12)5-4-6-14)15-9-13-16-8-10(2)18-13/h8,11-12,15H,3-7,9H2,1-2H3. The Bertz CT molecular complexity index is 414. The van der Waals surface area contributed by atoms with Gasteiger partial charge in [0.05, 0.1) is 6.10 Å². The average molecular weight is 266 g/mol. The number of ether oxygens (including phenoxy) is 1. The Morgan fingerprint density at radius 1 is 1.56 bits per heavy atom. The van der Waals surface area contributed by atoms with Crippen molar-refractivity contribution in [2.24, 2.45) is 5.41 Å². The third-order valence-electron chi connectivity index (χ3n) is 4.61. The molecule has 2 saturated carbocycles. The number of aromatic nitrogens is 1. The fraction of sp³-hybridized carbons (Fsp3) is 0.786. The highest BCUT2D eigenvalue weighted by Gasteiger charge is 2.58. The lowest BCUT2D eigenvalue weighted by Crippen LogP contribution is -2.66. The average Bonchev–Trinajstić information content (AvgIpc) is 2.66. The van der Waals surface area contributed by atoms with Crippen molar-refractivity contribution in [1.82, 2.24) is 10.3 Å². The van der Waals surface area contributed by atoms with Gasteiger partial charge in [-0.15, -0.1) is 11.3 Å². The summed E-state index contributed by atoms with van der Waals surface area (Å²) in [5.74, 6) is 0. The van der Waals surface area contributed by atoms with Crippen LogP contribution in [0.5, 0.6) is 0 Å². The number of thiazole rings is 1. The van der Waals surface area contributed by atoms with Gasteiger partial charge in [-0.25, -0.2) is 4.98 Å². The lowest BCUT2D eigenvalue weighted by atomic mass is 9.51. The molecule has 4 heteroatoms. The lowest BCUT2D eigenvalue weighted by Gasteiger charge is -2.61. The minimum atomic E-state index is 0.461. The zero-order valence-corrected chi connectivity index (χ0v) is 12.1. The van der Waals surface area contributed by atoms with Crippen LogP contribution in [0.3, 0.4) is 0 Å². The van der Waals surface area contributed by atoms with Gasteiger partial charge in [-0.3, -0.25) is 0 Å². The quantitative estimate of drug-likeness (QED) is 0.890. The lowest BCUT2D eigenvalue weighted by molar-refractivity contribution is -0.173. The van der Waals surface area contributed by atoms with E-state index < -0.39 is 0 Å². The molecule has 3 nitrogen and oxygen atoms in total. The van der Waals surface area contributed by atoms with Gasteiger partial charge in [-0.2, -0.15) is 0 Å². The molecule has 0 radical (unpaired) electrons. The number of aryl methyl sites for hydroxylation is 1. The largest absolute Gasteiger partial charge is 0.378 e. The van der Waals surface area contributed by atoms with Crippen LogP contribution in [0, 0.1) is 12.3 Å². The molecule has 3 rings (SSSR count). The van der Waals surface area contributed by atoms with Crippen LogP contribution in [0.2, 0.25) is 0 Å². The van der Waals surface area contributed by atoms with Gasteiger partial charge in [0.15, 0.2) is 0 Å². The topological polar surface area (TPSA) is 34.1 Å². The molecule has 1 aromatic heterocycles. The number of hydrogen-bond acceptors (Lipinski definition) is 4. The van der Waals surface area contributed by atoms with Crippen molar-refractivity contribution >= 4 is 11.3 Å². The van der Waals surface area contributed by atoms with Crippen LogP contribution in [0.15, 0.2) is 6.20 Å². The number of hydrogen-bond donors (Lipinski definition) is 1. The number of rotatable bonds is 5. The molecule has 2 fully saturated rings. The summed E-state index contributed by atoms with van der Waals surface area (Å²) < 4.78 is 5.87. The van der Waals surface area contributed by atoms with Gasteiger partial charge < -0.3 is 10.1 Å². The molecular weight excluding hydrogens is 244 g/mol. The van der Waals surface area contributed by atoms with Gasteiger partial charge in [-0.05, 0) is 33.1 Å². The van der Waals surface area contributed by atoms with Crippen LogP contribution in [-0.4, -0.2) is 23.7 Å². The van der Waals surface area contributed by atoms with Crippen molar-refractivity contribution in [2.75, 3.05) is 6.61 Å². The van der Waals surface area contributed by atoms with Gasteiger partial charge in [0, 0.05) is 35.7 Å². The van der Waals surface area contributed by atoms with Crippen LogP contribution in [0.4, 0.5) is 0 Å². The maximum absolute atomic E-state index is 5.87. The zero-order chi connectivity index (χ0) is 12.6. The Balaban J connectivity index is 1.55. The Kier molecular flexibility index (Phi) is 3.43. The van der Waals surface area contributed by atoms with Crippen molar-refractivity contribution in [3.05, 3.63) is 16.1 Å². The molecule has 2 unspecified atom stereocenters. The van der Waals surface area contributed by atoms with E-state index in [2.05, 4.69) is 24.1 Å². The summed E-state index contributed by atoms with van der Waals surface area (Å²) in [6.07, 6.45) is 7.70. The predicted molar refractivity (Wildman–Crippen MR) is 73.8 cm³/mol. The molecular formula is C14H22N2OS. The smallest absolute Gasteiger partial charge is 0.107 e. The summed E-state index contributed by atoms with van der Waals surface area (Å²) in [6.45, 7) is 5.99. The summed E-state index contributed by atoms with van der Waals surface area (Å²) in [7, 11) is 0. The Hall–Kier alpha value is -0.450. The van der Waals surface area contributed by atoms with E-state index in [0.717, 1.165) is 13.2 Å². The summed E-state index contributed by atoms with van der Waals surface area (Å²) >= 11 is 1.80. The van der Waals surface area contributed by atoms with Gasteiger partial charge >= 0.3 is 0 Å². The molecule has 18 heavy (non-hydrogen) atoms. The molecule has 2 aliphatic carbocycles. The van der Waals surface area contributed by atoms with E-state index in [0.29, 0.717) is 17.6 Å². The zero-order valence-electron chi connectivity index (χ0n) is 11.2. The van der Waals surface area contributed by atoms with Gasteiger partial charge in [0.2, 0.25) is 0 Å². The summed E-state index contributed by atoms with van der Waals surface area (Å²) in [6, 6.07) is 0.645. The fourth-order valence-electron chi connectivity index (χ4n) is 3.42. The molecule has 1 spiro atoms. The molecule has 1 aromatic rings. The first kappa shape index (κ1) is 12.6. The molecule has 0 amide bonds. The van der Waals surface area contributed by atoms with Crippen molar-refractivity contribution in [1.29, 1.82) is 0 Å². The van der Waals surface area contributed by atoms with Crippen molar-refractivity contribution < 1.29 is 4.74 Å². The molecule has 1 heterocycles. The first-order valence-corrected chi connectivity index (χ1v) is 7.82. The van der Waals surface area contributed by atoms with Gasteiger partial charge in [-0.1, -0.05) is 6.42 Å².